The van der Waals surface area contributed by atoms with Gasteiger partial charge in [-0.1, -0.05) is 29.8 Å². The van der Waals surface area contributed by atoms with Crippen molar-refractivity contribution in [3.8, 4) is 0 Å². The Bertz CT molecular complexity index is 323. The number of hydrogen-bond acceptors (Lipinski definition) is 2. The highest BCUT2D eigenvalue weighted by molar-refractivity contribution is 6.31. The first-order valence-corrected chi connectivity index (χ1v) is 4.84. The fraction of sp³-hybridized carbons (Fsp3) is 0.364. The van der Waals surface area contributed by atoms with E-state index in [2.05, 4.69) is 0 Å². The van der Waals surface area contributed by atoms with Gasteiger partial charge < -0.3 is 4.74 Å². The van der Waals surface area contributed by atoms with Gasteiger partial charge in [0, 0.05) is 5.02 Å². The number of ketones is 1. The standard InChI is InChI=1S/C11H13ClO2/c1-8(13)9(2)14-7-10-5-3-4-6-11(10)12/h3-6,9H,7H2,1-2H3. The Morgan fingerprint density at radius 1 is 1.50 bits per heavy atom. The Hall–Kier alpha value is -0.860. The van der Waals surface area contributed by atoms with Crippen LogP contribution in [-0.4, -0.2) is 11.9 Å². The van der Waals surface area contributed by atoms with Crippen molar-refractivity contribution in [3.05, 3.63) is 34.9 Å². The molecule has 1 aromatic rings. The zero-order chi connectivity index (χ0) is 10.6. The third-order valence-electron chi connectivity index (χ3n) is 2.02. The van der Waals surface area contributed by atoms with Crippen LogP contribution in [-0.2, 0) is 16.1 Å². The quantitative estimate of drug-likeness (QED) is 0.767. The maximum atomic E-state index is 10.9. The molecule has 76 valence electrons. The molecule has 0 aromatic heterocycles. The number of benzene rings is 1. The Kier molecular flexibility index (Phi) is 4.11. The maximum absolute atomic E-state index is 10.9. The number of Topliss-reactive ketones (excluding diaryl/α,β-unsaturated/α-hetero) is 1. The molecule has 0 aliphatic heterocycles. The van der Waals surface area contributed by atoms with Gasteiger partial charge in [0.15, 0.2) is 5.78 Å². The van der Waals surface area contributed by atoms with Gasteiger partial charge in [0.2, 0.25) is 0 Å². The molecule has 1 unspecified atom stereocenters. The predicted molar refractivity (Wildman–Crippen MR) is 56.4 cm³/mol. The SMILES string of the molecule is CC(=O)C(C)OCc1ccccc1Cl. The van der Waals surface area contributed by atoms with Crippen molar-refractivity contribution in [1.82, 2.24) is 0 Å². The molecule has 0 aliphatic rings. The van der Waals surface area contributed by atoms with E-state index in [1.54, 1.807) is 13.0 Å². The summed E-state index contributed by atoms with van der Waals surface area (Å²) < 4.78 is 5.34. The number of carbonyl (C=O) groups excluding carboxylic acids is 1. The van der Waals surface area contributed by atoms with Crippen molar-refractivity contribution in [2.45, 2.75) is 26.6 Å². The molecule has 0 saturated heterocycles. The molecule has 0 aliphatic carbocycles. The van der Waals surface area contributed by atoms with Gasteiger partial charge in [-0.3, -0.25) is 4.79 Å². The van der Waals surface area contributed by atoms with E-state index in [9.17, 15) is 4.79 Å². The molecule has 0 fully saturated rings. The summed E-state index contributed by atoms with van der Waals surface area (Å²) in [4.78, 5) is 10.9. The molecule has 14 heavy (non-hydrogen) atoms. The summed E-state index contributed by atoms with van der Waals surface area (Å²) in [6.45, 7) is 3.62. The lowest BCUT2D eigenvalue weighted by molar-refractivity contribution is -0.127. The second-order valence-corrected chi connectivity index (χ2v) is 3.56. The van der Waals surface area contributed by atoms with E-state index < -0.39 is 0 Å². The van der Waals surface area contributed by atoms with E-state index in [0.29, 0.717) is 11.6 Å². The van der Waals surface area contributed by atoms with Crippen molar-refractivity contribution >= 4 is 17.4 Å². The Morgan fingerprint density at radius 2 is 2.14 bits per heavy atom. The van der Waals surface area contributed by atoms with E-state index in [0.717, 1.165) is 5.56 Å². The van der Waals surface area contributed by atoms with E-state index in [1.807, 2.05) is 18.2 Å². The fourth-order valence-corrected chi connectivity index (χ4v) is 1.14. The normalized spacial score (nSPS) is 12.5. The number of rotatable bonds is 4. The lowest BCUT2D eigenvalue weighted by Crippen LogP contribution is -2.17. The van der Waals surface area contributed by atoms with Crippen LogP contribution in [0.2, 0.25) is 5.02 Å². The molecule has 0 heterocycles. The van der Waals surface area contributed by atoms with E-state index in [-0.39, 0.29) is 11.9 Å². The molecule has 1 atom stereocenters. The largest absolute Gasteiger partial charge is 0.366 e. The van der Waals surface area contributed by atoms with Gasteiger partial charge >= 0.3 is 0 Å². The monoisotopic (exact) mass is 212 g/mol. The van der Waals surface area contributed by atoms with Gasteiger partial charge in [-0.15, -0.1) is 0 Å². The van der Waals surface area contributed by atoms with Crippen LogP contribution in [0.15, 0.2) is 24.3 Å². The number of carbonyl (C=O) groups is 1. The first kappa shape index (κ1) is 11.2. The molecule has 0 radical (unpaired) electrons. The van der Waals surface area contributed by atoms with Crippen molar-refractivity contribution in [3.63, 3.8) is 0 Å². The highest BCUT2D eigenvalue weighted by Gasteiger charge is 2.08. The molecular weight excluding hydrogens is 200 g/mol. The Morgan fingerprint density at radius 3 is 2.71 bits per heavy atom. The van der Waals surface area contributed by atoms with Crippen LogP contribution in [0.3, 0.4) is 0 Å². The zero-order valence-corrected chi connectivity index (χ0v) is 9.04. The minimum Gasteiger partial charge on any atom is -0.366 e. The Labute approximate surface area is 88.8 Å². The first-order valence-electron chi connectivity index (χ1n) is 4.46. The van der Waals surface area contributed by atoms with Gasteiger partial charge in [-0.05, 0) is 25.5 Å². The summed E-state index contributed by atoms with van der Waals surface area (Å²) in [7, 11) is 0. The highest BCUT2D eigenvalue weighted by Crippen LogP contribution is 2.16. The lowest BCUT2D eigenvalue weighted by Gasteiger charge is -2.10. The average Bonchev–Trinajstić information content (AvgIpc) is 2.16. The molecule has 0 N–H and O–H groups in total. The van der Waals surface area contributed by atoms with Gasteiger partial charge in [0.05, 0.1) is 6.61 Å². The highest BCUT2D eigenvalue weighted by atomic mass is 35.5. The third-order valence-corrected chi connectivity index (χ3v) is 2.39. The minimum atomic E-state index is -0.369. The van der Waals surface area contributed by atoms with Crippen LogP contribution < -0.4 is 0 Å². The lowest BCUT2D eigenvalue weighted by atomic mass is 10.2. The van der Waals surface area contributed by atoms with Crippen LogP contribution in [0.5, 0.6) is 0 Å². The van der Waals surface area contributed by atoms with Gasteiger partial charge in [-0.25, -0.2) is 0 Å². The average molecular weight is 213 g/mol. The second-order valence-electron chi connectivity index (χ2n) is 3.16. The summed E-state index contributed by atoms with van der Waals surface area (Å²) >= 11 is 5.92. The van der Waals surface area contributed by atoms with Crippen molar-refractivity contribution in [2.24, 2.45) is 0 Å². The predicted octanol–water partition coefficient (Wildman–Crippen LogP) is 2.83. The van der Waals surface area contributed by atoms with E-state index >= 15 is 0 Å². The van der Waals surface area contributed by atoms with Crippen LogP contribution in [0, 0.1) is 0 Å². The molecular formula is C11H13ClO2. The fourth-order valence-electron chi connectivity index (χ4n) is 0.948. The van der Waals surface area contributed by atoms with E-state index in [1.165, 1.54) is 6.92 Å². The summed E-state index contributed by atoms with van der Waals surface area (Å²) in [6.07, 6.45) is -0.369. The summed E-state index contributed by atoms with van der Waals surface area (Å²) in [5.74, 6) is 0.0250. The molecule has 1 rings (SSSR count). The number of ether oxygens (including phenoxy) is 1. The minimum absolute atomic E-state index is 0.0250. The van der Waals surface area contributed by atoms with Crippen LogP contribution in [0.4, 0.5) is 0 Å². The van der Waals surface area contributed by atoms with Crippen molar-refractivity contribution in [1.29, 1.82) is 0 Å². The zero-order valence-electron chi connectivity index (χ0n) is 8.29. The van der Waals surface area contributed by atoms with Gasteiger partial charge in [-0.2, -0.15) is 0 Å². The summed E-state index contributed by atoms with van der Waals surface area (Å²) in [6, 6.07) is 7.44. The summed E-state index contributed by atoms with van der Waals surface area (Å²) in [5, 5.41) is 0.670. The second kappa shape index (κ2) is 5.13. The third kappa shape index (κ3) is 3.13. The van der Waals surface area contributed by atoms with Crippen molar-refractivity contribution in [2.75, 3.05) is 0 Å². The maximum Gasteiger partial charge on any atom is 0.158 e. The first-order chi connectivity index (χ1) is 6.61. The molecule has 2 nitrogen and oxygen atoms in total. The molecule has 0 saturated carbocycles. The van der Waals surface area contributed by atoms with Crippen LogP contribution in [0.1, 0.15) is 19.4 Å². The smallest absolute Gasteiger partial charge is 0.158 e. The van der Waals surface area contributed by atoms with Crippen LogP contribution >= 0.6 is 11.6 Å². The molecule has 0 spiro atoms. The Balaban J connectivity index is 2.54. The summed E-state index contributed by atoms with van der Waals surface area (Å²) in [5.41, 5.74) is 0.905. The molecule has 0 bridgehead atoms. The molecule has 0 amide bonds. The molecule has 3 heteroatoms. The van der Waals surface area contributed by atoms with Gasteiger partial charge in [0.25, 0.3) is 0 Å². The van der Waals surface area contributed by atoms with Crippen molar-refractivity contribution < 1.29 is 9.53 Å². The number of halogens is 1. The molecule has 1 aromatic carbocycles. The topological polar surface area (TPSA) is 26.3 Å². The van der Waals surface area contributed by atoms with E-state index in [4.69, 9.17) is 16.3 Å². The van der Waals surface area contributed by atoms with Gasteiger partial charge in [0.1, 0.15) is 6.10 Å². The number of hydrogen-bond donors (Lipinski definition) is 0. The van der Waals surface area contributed by atoms with Crippen LogP contribution in [0.25, 0.3) is 0 Å².